The molecule has 2 saturated heterocycles. The van der Waals surface area contributed by atoms with Gasteiger partial charge >= 0.3 is 0 Å². The van der Waals surface area contributed by atoms with Gasteiger partial charge in [0.2, 0.25) is 0 Å². The molecule has 2 aromatic heterocycles. The van der Waals surface area contributed by atoms with Crippen molar-refractivity contribution >= 4 is 23.2 Å². The molecule has 0 saturated carbocycles. The molecular formula is C24H24ClF2N5O2. The topological polar surface area (TPSA) is 71.8 Å². The van der Waals surface area contributed by atoms with Crippen LogP contribution in [0.15, 0.2) is 18.2 Å². The van der Waals surface area contributed by atoms with E-state index in [4.69, 9.17) is 16.3 Å². The highest BCUT2D eigenvalue weighted by atomic mass is 35.5. The highest BCUT2D eigenvalue weighted by molar-refractivity contribution is 6.31. The van der Waals surface area contributed by atoms with Gasteiger partial charge in [0.05, 0.1) is 40.8 Å². The Hall–Kier alpha value is -2.78. The summed E-state index contributed by atoms with van der Waals surface area (Å²) in [5.74, 6) is -0.775. The van der Waals surface area contributed by atoms with Gasteiger partial charge < -0.3 is 15.0 Å². The Kier molecular flexibility index (Phi) is 5.04. The number of alkyl halides is 1. The van der Waals surface area contributed by atoms with E-state index in [0.29, 0.717) is 29.3 Å². The number of ether oxygens (including phenoxy) is 1. The molecule has 2 bridgehead atoms. The van der Waals surface area contributed by atoms with Crippen LogP contribution in [0.2, 0.25) is 5.02 Å². The first kappa shape index (κ1) is 21.7. The number of amides is 1. The van der Waals surface area contributed by atoms with Crippen LogP contribution in [0, 0.1) is 19.7 Å². The summed E-state index contributed by atoms with van der Waals surface area (Å²) >= 11 is 6.32. The van der Waals surface area contributed by atoms with Crippen molar-refractivity contribution in [3.05, 3.63) is 57.2 Å². The molecule has 7 nitrogen and oxygen atoms in total. The number of carbonyl (C=O) groups is 1. The molecule has 0 radical (unpaired) electrons. The maximum Gasteiger partial charge on any atom is 0.258 e. The van der Waals surface area contributed by atoms with E-state index in [-0.39, 0.29) is 35.8 Å². The van der Waals surface area contributed by atoms with Gasteiger partial charge in [0.25, 0.3) is 5.91 Å². The Bertz CT molecular complexity index is 1330. The lowest BCUT2D eigenvalue weighted by Crippen LogP contribution is -2.51. The number of benzene rings is 1. The molecule has 4 atom stereocenters. The van der Waals surface area contributed by atoms with Crippen LogP contribution >= 0.6 is 11.6 Å². The Morgan fingerprint density at radius 1 is 1.26 bits per heavy atom. The minimum Gasteiger partial charge on any atom is -0.486 e. The van der Waals surface area contributed by atoms with Crippen molar-refractivity contribution in [2.24, 2.45) is 0 Å². The number of hydrogen-bond acceptors (Lipinski definition) is 5. The molecule has 3 aliphatic rings. The second-order valence-corrected chi connectivity index (χ2v) is 9.82. The standard InChI is InChI=1S/C24H24ClF2N5O2/c1-11-21(25)12(2)32-23(28-11)16-9-31(10-18(16)30-32)24(33)15-5-3-13(26)7-19(15)34-20-8-14-4-6-17(29-14)22(20)27/h3,5,7,14,17,20,22,29H,4,6,8-10H2,1-2H3. The molecule has 3 aromatic rings. The molecule has 0 aliphatic carbocycles. The Balaban J connectivity index is 1.28. The van der Waals surface area contributed by atoms with E-state index in [2.05, 4.69) is 15.4 Å². The Morgan fingerprint density at radius 2 is 2.09 bits per heavy atom. The zero-order valence-corrected chi connectivity index (χ0v) is 19.6. The van der Waals surface area contributed by atoms with E-state index in [1.54, 1.807) is 9.42 Å². The molecule has 6 rings (SSSR count). The van der Waals surface area contributed by atoms with Crippen molar-refractivity contribution in [1.29, 1.82) is 0 Å². The SMILES string of the molecule is Cc1nc2c3c(nn2c(C)c1Cl)CN(C(=O)c1ccc(F)cc1OC1CC2CCC(N2)C1F)C3. The first-order chi connectivity index (χ1) is 16.3. The highest BCUT2D eigenvalue weighted by Crippen LogP contribution is 2.35. The third kappa shape index (κ3) is 3.36. The fourth-order valence-corrected chi connectivity index (χ4v) is 5.55. The van der Waals surface area contributed by atoms with Crippen LogP contribution in [-0.4, -0.2) is 49.8 Å². The average molecular weight is 488 g/mol. The number of nitrogens with one attached hydrogen (secondary N) is 1. The first-order valence-corrected chi connectivity index (χ1v) is 11.9. The molecule has 5 heterocycles. The number of rotatable bonds is 3. The largest absolute Gasteiger partial charge is 0.486 e. The fraction of sp³-hybridized carbons (Fsp3) is 0.458. The summed E-state index contributed by atoms with van der Waals surface area (Å²) in [5, 5.41) is 8.43. The van der Waals surface area contributed by atoms with E-state index < -0.39 is 18.1 Å². The summed E-state index contributed by atoms with van der Waals surface area (Å²) in [7, 11) is 0. The number of carbonyl (C=O) groups excluding carboxylic acids is 1. The van der Waals surface area contributed by atoms with E-state index in [9.17, 15) is 13.6 Å². The van der Waals surface area contributed by atoms with Gasteiger partial charge in [0.15, 0.2) is 11.8 Å². The molecule has 3 aliphatic heterocycles. The van der Waals surface area contributed by atoms with Crippen LogP contribution < -0.4 is 10.1 Å². The lowest BCUT2D eigenvalue weighted by Gasteiger charge is -2.33. The normalized spacial score (nSPS) is 25.7. The van der Waals surface area contributed by atoms with Crippen molar-refractivity contribution in [2.45, 2.75) is 70.6 Å². The quantitative estimate of drug-likeness (QED) is 0.606. The lowest BCUT2D eigenvalue weighted by atomic mass is 10.00. The summed E-state index contributed by atoms with van der Waals surface area (Å²) in [4.78, 5) is 19.7. The zero-order valence-electron chi connectivity index (χ0n) is 18.8. The van der Waals surface area contributed by atoms with Crippen molar-refractivity contribution < 1.29 is 18.3 Å². The molecule has 4 unspecified atom stereocenters. The molecule has 1 aromatic carbocycles. The van der Waals surface area contributed by atoms with Crippen LogP contribution in [0.5, 0.6) is 5.75 Å². The molecule has 0 spiro atoms. The minimum absolute atomic E-state index is 0.0781. The minimum atomic E-state index is -1.21. The monoisotopic (exact) mass is 487 g/mol. The van der Waals surface area contributed by atoms with E-state index in [1.807, 2.05) is 13.8 Å². The number of fused-ring (bicyclic) bond motifs is 5. The number of halogens is 3. The van der Waals surface area contributed by atoms with Gasteiger partial charge in [-0.2, -0.15) is 5.10 Å². The van der Waals surface area contributed by atoms with Crippen LogP contribution in [0.1, 0.15) is 52.3 Å². The second-order valence-electron chi connectivity index (χ2n) is 9.44. The summed E-state index contributed by atoms with van der Waals surface area (Å²) < 4.78 is 36.7. The van der Waals surface area contributed by atoms with E-state index in [1.165, 1.54) is 18.2 Å². The van der Waals surface area contributed by atoms with Gasteiger partial charge in [-0.15, -0.1) is 0 Å². The molecule has 2 fully saturated rings. The molecule has 178 valence electrons. The van der Waals surface area contributed by atoms with Gasteiger partial charge in [-0.3, -0.25) is 4.79 Å². The van der Waals surface area contributed by atoms with Gasteiger partial charge in [-0.25, -0.2) is 18.3 Å². The summed E-state index contributed by atoms with van der Waals surface area (Å²) in [6.07, 6.45) is 0.214. The second kappa shape index (κ2) is 7.88. The molecule has 10 heteroatoms. The maximum atomic E-state index is 14.9. The van der Waals surface area contributed by atoms with Gasteiger partial charge in [-0.1, -0.05) is 11.6 Å². The van der Waals surface area contributed by atoms with Gasteiger partial charge in [-0.05, 0) is 38.8 Å². The molecular weight excluding hydrogens is 464 g/mol. The van der Waals surface area contributed by atoms with Crippen LogP contribution in [-0.2, 0) is 13.1 Å². The Labute approximate surface area is 200 Å². The number of hydrogen-bond donors (Lipinski definition) is 1. The highest BCUT2D eigenvalue weighted by Gasteiger charge is 2.43. The third-order valence-electron chi connectivity index (χ3n) is 7.23. The number of aryl methyl sites for hydroxylation is 2. The van der Waals surface area contributed by atoms with Gasteiger partial charge in [0, 0.05) is 30.1 Å². The van der Waals surface area contributed by atoms with Crippen molar-refractivity contribution in [3.63, 3.8) is 0 Å². The number of aromatic nitrogens is 3. The van der Waals surface area contributed by atoms with Crippen LogP contribution in [0.25, 0.3) is 5.65 Å². The summed E-state index contributed by atoms with van der Waals surface area (Å²) in [6, 6.07) is 3.74. The number of piperidine rings is 1. The average Bonchev–Trinajstić information content (AvgIpc) is 3.50. The van der Waals surface area contributed by atoms with E-state index in [0.717, 1.165) is 29.8 Å². The lowest BCUT2D eigenvalue weighted by molar-refractivity contribution is 0.0439. The summed E-state index contributed by atoms with van der Waals surface area (Å²) in [6.45, 7) is 4.31. The van der Waals surface area contributed by atoms with Gasteiger partial charge in [0.1, 0.15) is 17.7 Å². The Morgan fingerprint density at radius 3 is 2.91 bits per heavy atom. The van der Waals surface area contributed by atoms with Crippen molar-refractivity contribution in [1.82, 2.24) is 24.8 Å². The van der Waals surface area contributed by atoms with Crippen LogP contribution in [0.3, 0.4) is 0 Å². The zero-order chi connectivity index (χ0) is 23.7. The molecule has 1 N–H and O–H groups in total. The number of nitrogens with zero attached hydrogens (tertiary/aromatic N) is 4. The van der Waals surface area contributed by atoms with Crippen LogP contribution in [0.4, 0.5) is 8.78 Å². The van der Waals surface area contributed by atoms with Crippen molar-refractivity contribution in [2.75, 3.05) is 0 Å². The predicted octanol–water partition coefficient (Wildman–Crippen LogP) is 3.90. The maximum absolute atomic E-state index is 14.9. The first-order valence-electron chi connectivity index (χ1n) is 11.5. The predicted molar refractivity (Wildman–Crippen MR) is 121 cm³/mol. The van der Waals surface area contributed by atoms with E-state index >= 15 is 0 Å². The molecule has 1 amide bonds. The fourth-order valence-electron chi connectivity index (χ4n) is 5.43. The third-order valence-corrected chi connectivity index (χ3v) is 7.77. The van der Waals surface area contributed by atoms with Crippen molar-refractivity contribution in [3.8, 4) is 5.75 Å². The molecule has 34 heavy (non-hydrogen) atoms. The smallest absolute Gasteiger partial charge is 0.258 e. The summed E-state index contributed by atoms with van der Waals surface area (Å²) in [5.41, 5.74) is 3.98.